The summed E-state index contributed by atoms with van der Waals surface area (Å²) in [6.45, 7) is 0. The Bertz CT molecular complexity index is 976. The number of hydrogen-bond donors (Lipinski definition) is 4. The Hall–Kier alpha value is -2.67. The number of hydrogen-bond acceptors (Lipinski definition) is 9. The summed E-state index contributed by atoms with van der Waals surface area (Å²) in [5.74, 6) is -3.97. The van der Waals surface area contributed by atoms with E-state index >= 15 is 0 Å². The fourth-order valence-electron chi connectivity index (χ4n) is 2.07. The van der Waals surface area contributed by atoms with E-state index in [4.69, 9.17) is 21.7 Å². The molecule has 0 aliphatic rings. The van der Waals surface area contributed by atoms with E-state index in [0.29, 0.717) is 0 Å². The molecule has 0 heterocycles. The standard InChI is InChI=1S/C8H6N2O5.C7H6N2O4.Br2.Na.2H2O/c9-7(11)4-2-1-3-5(10(14)15)6(4)8(12)13;8-4-2-1-3-5(9(12)13)6(4)7(10)11;1-2;;;/h1-3H,(H2,9,11)(H,12,13);1-3H,8H2,(H,10,11);;;2*1H2/q;;;+1;;/p-1. The van der Waals surface area contributed by atoms with Crippen molar-refractivity contribution in [2.45, 2.75) is 0 Å². The number of nitrogen functional groups attached to an aromatic ring is 1. The minimum absolute atomic E-state index is 0. The molecule has 0 spiro atoms. The van der Waals surface area contributed by atoms with Crippen molar-refractivity contribution in [1.29, 1.82) is 0 Å². The van der Waals surface area contributed by atoms with Crippen LogP contribution in [0.2, 0.25) is 0 Å². The Morgan fingerprint density at radius 2 is 1.21 bits per heavy atom. The quantitative estimate of drug-likeness (QED) is 0.137. The summed E-state index contributed by atoms with van der Waals surface area (Å²) in [6.07, 6.45) is 0. The van der Waals surface area contributed by atoms with E-state index in [0.717, 1.165) is 18.2 Å². The Kier molecular flexibility index (Phi) is 20.3. The molecule has 0 aliphatic heterocycles. The zero-order valence-electron chi connectivity index (χ0n) is 16.5. The molecule has 2 aromatic carbocycles. The van der Waals surface area contributed by atoms with E-state index in [-0.39, 0.29) is 51.8 Å². The Morgan fingerprint density at radius 1 is 0.848 bits per heavy atom. The second kappa shape index (κ2) is 17.8. The molecule has 1 amide bonds. The van der Waals surface area contributed by atoms with Gasteiger partial charge in [-0.2, -0.15) is 0 Å². The average Bonchev–Trinajstić information content (AvgIpc) is 2.68. The van der Waals surface area contributed by atoms with Crippen LogP contribution < -0.4 is 41.0 Å². The number of carbonyl (C=O) groups is 3. The van der Waals surface area contributed by atoms with Crippen LogP contribution in [0.5, 0.6) is 0 Å². The van der Waals surface area contributed by atoms with Crippen molar-refractivity contribution in [2.75, 3.05) is 5.73 Å². The molecule has 0 unspecified atom stereocenters. The number of amides is 1. The van der Waals surface area contributed by atoms with Crippen molar-refractivity contribution in [1.82, 2.24) is 0 Å². The molecule has 33 heavy (non-hydrogen) atoms. The van der Waals surface area contributed by atoms with Crippen LogP contribution in [0.4, 0.5) is 17.1 Å². The van der Waals surface area contributed by atoms with E-state index < -0.39 is 50.2 Å². The van der Waals surface area contributed by atoms with Gasteiger partial charge < -0.3 is 32.6 Å². The summed E-state index contributed by atoms with van der Waals surface area (Å²) >= 11 is 5.50. The van der Waals surface area contributed by atoms with E-state index in [1.807, 2.05) is 0 Å². The van der Waals surface area contributed by atoms with E-state index in [1.54, 1.807) is 0 Å². The molecule has 18 heteroatoms. The Labute approximate surface area is 221 Å². The second-order valence-electron chi connectivity index (χ2n) is 4.93. The number of anilines is 1. The maximum Gasteiger partial charge on any atom is 1.00 e. The van der Waals surface area contributed by atoms with Gasteiger partial charge in [-0.3, -0.25) is 25.0 Å². The largest absolute Gasteiger partial charge is 1.00 e. The molecule has 0 bridgehead atoms. The van der Waals surface area contributed by atoms with Crippen molar-refractivity contribution < 1.29 is 75.0 Å². The zero-order valence-corrected chi connectivity index (χ0v) is 21.6. The van der Waals surface area contributed by atoms with Gasteiger partial charge in [0.1, 0.15) is 5.56 Å². The normalized spacial score (nSPS) is 8.30. The number of carboxylic acid groups (broad SMARTS) is 2. The van der Waals surface area contributed by atoms with Crippen LogP contribution in [0.3, 0.4) is 0 Å². The molecule has 15 nitrogen and oxygen atoms in total. The molecule has 0 atom stereocenters. The van der Waals surface area contributed by atoms with Crippen molar-refractivity contribution in [3.05, 3.63) is 73.3 Å². The molecule has 9 N–H and O–H groups in total. The van der Waals surface area contributed by atoms with E-state index in [2.05, 4.69) is 28.3 Å². The van der Waals surface area contributed by atoms with Crippen LogP contribution >= 0.6 is 28.3 Å². The first-order valence-corrected chi connectivity index (χ1v) is 10.9. The van der Waals surface area contributed by atoms with Crippen LogP contribution in [0.15, 0.2) is 36.4 Å². The van der Waals surface area contributed by atoms with Gasteiger partial charge in [0.2, 0.25) is 5.91 Å². The number of halogens is 2. The molecule has 0 saturated carbocycles. The second-order valence-corrected chi connectivity index (χ2v) is 4.93. The Balaban J connectivity index is -0.000000220. The van der Waals surface area contributed by atoms with Gasteiger partial charge >= 0.3 is 41.5 Å². The summed E-state index contributed by atoms with van der Waals surface area (Å²) in [5, 5.41) is 38.2. The predicted molar refractivity (Wildman–Crippen MR) is 116 cm³/mol. The number of benzene rings is 2. The number of carboxylic acids is 2. The smallest absolute Gasteiger partial charge is 0.870 e. The summed E-state index contributed by atoms with van der Waals surface area (Å²) < 4.78 is 0. The van der Waals surface area contributed by atoms with Crippen molar-refractivity contribution in [3.8, 4) is 0 Å². The third-order valence-electron chi connectivity index (χ3n) is 3.20. The summed E-state index contributed by atoms with van der Waals surface area (Å²) in [6, 6.07) is 7.05. The molecule has 0 fully saturated rings. The van der Waals surface area contributed by atoms with Gasteiger partial charge in [0, 0.05) is 40.4 Å². The third kappa shape index (κ3) is 10.7. The van der Waals surface area contributed by atoms with Crippen LogP contribution in [-0.4, -0.2) is 48.9 Å². The van der Waals surface area contributed by atoms with E-state index in [1.165, 1.54) is 18.2 Å². The van der Waals surface area contributed by atoms with Crippen LogP contribution in [0.25, 0.3) is 0 Å². The van der Waals surface area contributed by atoms with Gasteiger partial charge in [-0.25, -0.2) is 9.59 Å². The zero-order chi connectivity index (χ0) is 23.6. The number of nitro groups is 2. The van der Waals surface area contributed by atoms with Crippen molar-refractivity contribution in [2.24, 2.45) is 5.73 Å². The molecule has 0 radical (unpaired) electrons. The topological polar surface area (TPSA) is 291 Å². The first-order valence-electron chi connectivity index (χ1n) is 7.20. The van der Waals surface area contributed by atoms with Crippen molar-refractivity contribution >= 4 is 63.2 Å². The maximum absolute atomic E-state index is 10.8. The molecular formula is C15H15Br2N4NaO11. The van der Waals surface area contributed by atoms with Gasteiger partial charge in [0.25, 0.3) is 11.4 Å². The fraction of sp³-hybridized carbons (Fsp3) is 0. The predicted octanol–water partition coefficient (Wildman–Crippen LogP) is -1.04. The van der Waals surface area contributed by atoms with Gasteiger partial charge in [0.05, 0.1) is 21.1 Å². The number of nitrogens with two attached hydrogens (primary N) is 2. The molecule has 0 aromatic heterocycles. The summed E-state index contributed by atoms with van der Waals surface area (Å²) in [5.41, 5.74) is 7.39. The minimum Gasteiger partial charge on any atom is -0.870 e. The molecule has 2 aromatic rings. The minimum atomic E-state index is -1.56. The summed E-state index contributed by atoms with van der Waals surface area (Å²) in [7, 11) is 0. The van der Waals surface area contributed by atoms with Crippen LogP contribution in [-0.2, 0) is 0 Å². The van der Waals surface area contributed by atoms with Crippen LogP contribution in [0.1, 0.15) is 31.1 Å². The number of rotatable bonds is 5. The number of carbonyl (C=O) groups excluding carboxylic acids is 1. The first kappa shape index (κ1) is 37.6. The van der Waals surface area contributed by atoms with Gasteiger partial charge in [-0.1, -0.05) is 12.1 Å². The Morgan fingerprint density at radius 3 is 1.52 bits per heavy atom. The molecule has 2 rings (SSSR count). The van der Waals surface area contributed by atoms with Gasteiger partial charge in [0.15, 0.2) is 5.56 Å². The SMILES string of the molecule is BrBr.NC(=O)c1cccc([N+](=O)[O-])c1C(=O)O.Nc1cccc([N+](=O)[O-])c1C(=O)O.O.[Na+].[OH-]. The molecule has 176 valence electrons. The monoisotopic (exact) mass is 608 g/mol. The number of primary amides is 1. The van der Waals surface area contributed by atoms with Gasteiger partial charge in [-0.15, -0.1) is 0 Å². The molecular weight excluding hydrogens is 595 g/mol. The molecule has 0 saturated heterocycles. The molecule has 0 aliphatic carbocycles. The number of aromatic carboxylic acids is 2. The summed E-state index contributed by atoms with van der Waals surface area (Å²) in [4.78, 5) is 51.3. The third-order valence-corrected chi connectivity index (χ3v) is 3.20. The fourth-order valence-corrected chi connectivity index (χ4v) is 2.07. The first-order chi connectivity index (χ1) is 14.0. The number of nitrogens with zero attached hydrogens (tertiary/aromatic N) is 2. The number of nitro benzene ring substituents is 2. The van der Waals surface area contributed by atoms with Crippen LogP contribution in [0, 0.1) is 20.2 Å². The average molecular weight is 610 g/mol. The van der Waals surface area contributed by atoms with E-state index in [9.17, 15) is 34.6 Å². The maximum atomic E-state index is 10.8. The van der Waals surface area contributed by atoms with Gasteiger partial charge in [-0.05, 0) is 12.1 Å². The van der Waals surface area contributed by atoms with Crippen molar-refractivity contribution in [3.63, 3.8) is 0 Å².